The van der Waals surface area contributed by atoms with Crippen molar-refractivity contribution in [2.45, 2.75) is 64.5 Å². The molecule has 2 aromatic rings. The summed E-state index contributed by atoms with van der Waals surface area (Å²) in [5, 5.41) is 3.24. The summed E-state index contributed by atoms with van der Waals surface area (Å²) in [4.78, 5) is 23.7. The van der Waals surface area contributed by atoms with Gasteiger partial charge in [-0.05, 0) is 19.3 Å². The van der Waals surface area contributed by atoms with Crippen LogP contribution in [0.25, 0.3) is 0 Å². The van der Waals surface area contributed by atoms with Crippen LogP contribution in [0.2, 0.25) is 0 Å². The summed E-state index contributed by atoms with van der Waals surface area (Å²) < 4.78 is 1.96. The van der Waals surface area contributed by atoms with Crippen LogP contribution < -0.4 is 0 Å². The number of hydrogen-bond donors (Lipinski definition) is 0. The minimum atomic E-state index is 0.0552. The van der Waals surface area contributed by atoms with Gasteiger partial charge in [0.2, 0.25) is 5.91 Å². The van der Waals surface area contributed by atoms with Crippen molar-refractivity contribution in [2.24, 2.45) is 0 Å². The van der Waals surface area contributed by atoms with Gasteiger partial charge in [0, 0.05) is 42.7 Å². The Morgan fingerprint density at radius 2 is 2.21 bits per heavy atom. The second-order valence-corrected chi connectivity index (χ2v) is 8.36. The molecular weight excluding hydrogens is 320 g/mol. The van der Waals surface area contributed by atoms with Gasteiger partial charge in [0.25, 0.3) is 0 Å². The monoisotopic (exact) mass is 346 g/mol. The molecule has 0 bridgehead atoms. The molecule has 1 aliphatic rings. The van der Waals surface area contributed by atoms with Crippen LogP contribution in [0.1, 0.15) is 63.2 Å². The lowest BCUT2D eigenvalue weighted by molar-refractivity contribution is -0.135. The molecule has 1 amide bonds. The van der Waals surface area contributed by atoms with Crippen molar-refractivity contribution >= 4 is 17.2 Å². The van der Waals surface area contributed by atoms with E-state index in [-0.39, 0.29) is 17.4 Å². The first-order valence-electron chi connectivity index (χ1n) is 8.66. The Balaban J connectivity index is 1.70. The van der Waals surface area contributed by atoms with E-state index in [4.69, 9.17) is 4.98 Å². The summed E-state index contributed by atoms with van der Waals surface area (Å²) in [6, 6.07) is 0.148. The van der Waals surface area contributed by atoms with Crippen LogP contribution in [0, 0.1) is 0 Å². The highest BCUT2D eigenvalue weighted by molar-refractivity contribution is 7.09. The first-order chi connectivity index (χ1) is 11.4. The quantitative estimate of drug-likeness (QED) is 0.846. The summed E-state index contributed by atoms with van der Waals surface area (Å²) in [6.45, 7) is 8.08. The number of carbonyl (C=O) groups excluding carboxylic acids is 1. The molecule has 130 valence electrons. The van der Waals surface area contributed by atoms with E-state index in [1.54, 1.807) is 23.9 Å². The van der Waals surface area contributed by atoms with Crippen LogP contribution in [-0.2, 0) is 16.8 Å². The Morgan fingerprint density at radius 1 is 1.38 bits per heavy atom. The lowest BCUT2D eigenvalue weighted by atomic mass is 9.93. The Labute approximate surface area is 147 Å². The Kier molecular flexibility index (Phi) is 5.04. The van der Waals surface area contributed by atoms with Gasteiger partial charge in [0.1, 0.15) is 5.01 Å². The molecule has 0 N–H and O–H groups in total. The molecule has 1 saturated heterocycles. The first kappa shape index (κ1) is 17.1. The molecule has 0 radical (unpaired) electrons. The smallest absolute Gasteiger partial charge is 0.224 e. The number of thiazole rings is 1. The van der Waals surface area contributed by atoms with Crippen LogP contribution in [0.5, 0.6) is 0 Å². The fraction of sp³-hybridized carbons (Fsp3) is 0.611. The summed E-state index contributed by atoms with van der Waals surface area (Å²) in [5.74, 6) is 0.223. The van der Waals surface area contributed by atoms with Crippen molar-refractivity contribution in [1.29, 1.82) is 0 Å². The van der Waals surface area contributed by atoms with Gasteiger partial charge in [-0.1, -0.05) is 20.8 Å². The number of hydrogen-bond acceptors (Lipinski definition) is 4. The highest BCUT2D eigenvalue weighted by atomic mass is 32.1. The topological polar surface area (TPSA) is 51.0 Å². The highest BCUT2D eigenvalue weighted by Crippen LogP contribution is 2.35. The fourth-order valence-electron chi connectivity index (χ4n) is 3.06. The van der Waals surface area contributed by atoms with Gasteiger partial charge in [0.15, 0.2) is 0 Å². The minimum Gasteiger partial charge on any atom is -0.337 e. The number of aryl methyl sites for hydroxylation is 1. The average Bonchev–Trinajstić information content (AvgIpc) is 3.23. The second-order valence-electron chi connectivity index (χ2n) is 7.47. The molecular formula is C18H26N4OS. The van der Waals surface area contributed by atoms with Gasteiger partial charge in [-0.2, -0.15) is 0 Å². The molecule has 0 aromatic carbocycles. The molecule has 0 saturated carbocycles. The second kappa shape index (κ2) is 7.05. The summed E-state index contributed by atoms with van der Waals surface area (Å²) >= 11 is 1.70. The maximum absolute atomic E-state index is 12.7. The maximum Gasteiger partial charge on any atom is 0.224 e. The molecule has 24 heavy (non-hydrogen) atoms. The number of nitrogens with zero attached hydrogens (tertiary/aromatic N) is 4. The highest BCUT2D eigenvalue weighted by Gasteiger charge is 2.30. The molecule has 0 aliphatic carbocycles. The number of imidazole rings is 1. The Morgan fingerprint density at radius 3 is 2.88 bits per heavy atom. The number of carbonyl (C=O) groups is 1. The largest absolute Gasteiger partial charge is 0.337 e. The Hall–Kier alpha value is -1.69. The molecule has 6 heteroatoms. The summed E-state index contributed by atoms with van der Waals surface area (Å²) in [6.07, 6.45) is 9.20. The van der Waals surface area contributed by atoms with Crippen LogP contribution >= 0.6 is 11.3 Å². The zero-order chi connectivity index (χ0) is 17.2. The molecule has 5 nitrogen and oxygen atoms in total. The van der Waals surface area contributed by atoms with E-state index in [9.17, 15) is 4.79 Å². The lowest BCUT2D eigenvalue weighted by Gasteiger charge is -2.34. The molecule has 2 aromatic heterocycles. The first-order valence-corrected chi connectivity index (χ1v) is 9.54. The number of piperidine rings is 1. The SMILES string of the molecule is CC(C)(C)c1csc(C2CCCCN2C(=O)CCn2ccnc2)n1. The van der Waals surface area contributed by atoms with Gasteiger partial charge in [-0.15, -0.1) is 11.3 Å². The van der Waals surface area contributed by atoms with E-state index < -0.39 is 0 Å². The zero-order valence-electron chi connectivity index (χ0n) is 14.7. The van der Waals surface area contributed by atoms with E-state index >= 15 is 0 Å². The van der Waals surface area contributed by atoms with Gasteiger partial charge < -0.3 is 9.47 Å². The van der Waals surface area contributed by atoms with Gasteiger partial charge in [0.05, 0.1) is 18.1 Å². The third kappa shape index (κ3) is 3.86. The molecule has 1 aliphatic heterocycles. The summed E-state index contributed by atoms with van der Waals surface area (Å²) in [5.41, 5.74) is 1.18. The van der Waals surface area contributed by atoms with Gasteiger partial charge in [-0.25, -0.2) is 9.97 Å². The van der Waals surface area contributed by atoms with Crippen molar-refractivity contribution in [3.8, 4) is 0 Å². The van der Waals surface area contributed by atoms with Crippen molar-refractivity contribution in [3.63, 3.8) is 0 Å². The number of aromatic nitrogens is 3. The average molecular weight is 346 g/mol. The van der Waals surface area contributed by atoms with E-state index in [0.29, 0.717) is 13.0 Å². The molecule has 1 atom stereocenters. The number of likely N-dealkylation sites (tertiary alicyclic amines) is 1. The van der Waals surface area contributed by atoms with E-state index in [2.05, 4.69) is 31.1 Å². The van der Waals surface area contributed by atoms with Crippen molar-refractivity contribution in [2.75, 3.05) is 6.54 Å². The van der Waals surface area contributed by atoms with E-state index in [1.807, 2.05) is 15.7 Å². The molecule has 0 spiro atoms. The van der Waals surface area contributed by atoms with Crippen LogP contribution in [-0.4, -0.2) is 31.9 Å². The van der Waals surface area contributed by atoms with E-state index in [1.165, 1.54) is 6.42 Å². The molecule has 1 unspecified atom stereocenters. The predicted octanol–water partition coefficient (Wildman–Crippen LogP) is 3.78. The predicted molar refractivity (Wildman–Crippen MR) is 96.0 cm³/mol. The third-order valence-electron chi connectivity index (χ3n) is 4.54. The normalized spacial score (nSPS) is 18.8. The van der Waals surface area contributed by atoms with Crippen LogP contribution in [0.4, 0.5) is 0 Å². The third-order valence-corrected chi connectivity index (χ3v) is 5.49. The van der Waals surface area contributed by atoms with Crippen LogP contribution in [0.3, 0.4) is 0 Å². The van der Waals surface area contributed by atoms with Gasteiger partial charge in [-0.3, -0.25) is 4.79 Å². The fourth-order valence-corrected chi connectivity index (χ4v) is 4.25. The number of amides is 1. The molecule has 3 rings (SSSR count). The molecule has 1 fully saturated rings. The summed E-state index contributed by atoms with van der Waals surface area (Å²) in [7, 11) is 0. The van der Waals surface area contributed by atoms with Crippen molar-refractivity contribution in [3.05, 3.63) is 34.8 Å². The number of rotatable bonds is 4. The maximum atomic E-state index is 12.7. The Bertz CT molecular complexity index is 672. The lowest BCUT2D eigenvalue weighted by Crippen LogP contribution is -2.38. The van der Waals surface area contributed by atoms with E-state index in [0.717, 1.165) is 30.1 Å². The minimum absolute atomic E-state index is 0.0552. The molecule has 3 heterocycles. The zero-order valence-corrected chi connectivity index (χ0v) is 15.6. The van der Waals surface area contributed by atoms with Crippen molar-refractivity contribution < 1.29 is 4.79 Å². The van der Waals surface area contributed by atoms with Crippen LogP contribution in [0.15, 0.2) is 24.1 Å². The standard InChI is InChI=1S/C18H26N4OS/c1-18(2,3)15-12-24-17(20-15)14-6-4-5-9-22(14)16(23)7-10-21-11-8-19-13-21/h8,11-14H,4-7,9-10H2,1-3H3. The van der Waals surface area contributed by atoms with Crippen molar-refractivity contribution in [1.82, 2.24) is 19.4 Å². The van der Waals surface area contributed by atoms with Gasteiger partial charge >= 0.3 is 0 Å².